The van der Waals surface area contributed by atoms with Gasteiger partial charge in [-0.05, 0) is 43.8 Å². The van der Waals surface area contributed by atoms with Gasteiger partial charge < -0.3 is 10.1 Å². The van der Waals surface area contributed by atoms with Crippen molar-refractivity contribution in [3.05, 3.63) is 23.8 Å². The monoisotopic (exact) mass is 226 g/mol. The highest BCUT2D eigenvalue weighted by atomic mass is 16.9. The molecule has 16 heavy (non-hydrogen) atoms. The van der Waals surface area contributed by atoms with E-state index in [0.29, 0.717) is 5.69 Å². The maximum absolute atomic E-state index is 9.40. The Morgan fingerprint density at radius 1 is 1.38 bits per heavy atom. The van der Waals surface area contributed by atoms with Crippen LogP contribution < -0.4 is 15.3 Å². The van der Waals surface area contributed by atoms with Gasteiger partial charge in [0.25, 0.3) is 0 Å². The van der Waals surface area contributed by atoms with Gasteiger partial charge in [0, 0.05) is 0 Å². The second-order valence-electron chi connectivity index (χ2n) is 3.31. The fourth-order valence-corrected chi connectivity index (χ4v) is 1.44. The Labute approximate surface area is 95.5 Å². The second kappa shape index (κ2) is 6.32. The summed E-state index contributed by atoms with van der Waals surface area (Å²) in [5.74, 6) is 0.809. The van der Waals surface area contributed by atoms with Crippen LogP contribution in [0.15, 0.2) is 18.2 Å². The van der Waals surface area contributed by atoms with Crippen molar-refractivity contribution in [3.8, 4) is 5.75 Å². The van der Waals surface area contributed by atoms with E-state index < -0.39 is 0 Å². The fraction of sp³-hybridized carbons (Fsp3) is 0.455. The first kappa shape index (κ1) is 12.8. The van der Waals surface area contributed by atoms with Crippen molar-refractivity contribution in [2.45, 2.75) is 6.42 Å². The van der Waals surface area contributed by atoms with Crippen molar-refractivity contribution >= 4 is 5.69 Å². The van der Waals surface area contributed by atoms with Crippen LogP contribution >= 0.6 is 0 Å². The molecular formula is C11H18N2O3. The number of nitrogens with zero attached hydrogens (tertiary/aromatic N) is 1. The standard InChI is InChI=1S/C11H18N2O3/c1-12-7-6-9-8-10(13(14)16-3)4-5-11(9)15-2/h4-5,8,12,14H,6-7H2,1-3H3. The summed E-state index contributed by atoms with van der Waals surface area (Å²) >= 11 is 0. The molecule has 0 aromatic heterocycles. The van der Waals surface area contributed by atoms with E-state index in [1.54, 1.807) is 13.2 Å². The van der Waals surface area contributed by atoms with Crippen LogP contribution in [-0.2, 0) is 11.3 Å². The van der Waals surface area contributed by atoms with Crippen LogP contribution in [0.3, 0.4) is 0 Å². The van der Waals surface area contributed by atoms with Gasteiger partial charge in [-0.25, -0.2) is 0 Å². The summed E-state index contributed by atoms with van der Waals surface area (Å²) in [5, 5.41) is 13.2. The van der Waals surface area contributed by atoms with E-state index in [9.17, 15) is 5.21 Å². The van der Waals surface area contributed by atoms with Gasteiger partial charge in [-0.1, -0.05) is 0 Å². The van der Waals surface area contributed by atoms with Crippen molar-refractivity contribution in [2.75, 3.05) is 33.0 Å². The summed E-state index contributed by atoms with van der Waals surface area (Å²) in [7, 11) is 4.92. The van der Waals surface area contributed by atoms with Crippen LogP contribution in [0.25, 0.3) is 0 Å². The van der Waals surface area contributed by atoms with Gasteiger partial charge in [0.05, 0.1) is 19.9 Å². The molecule has 2 N–H and O–H groups in total. The average molecular weight is 226 g/mol. The summed E-state index contributed by atoms with van der Waals surface area (Å²) in [6.45, 7) is 0.845. The third kappa shape index (κ3) is 3.10. The fourth-order valence-electron chi connectivity index (χ4n) is 1.44. The molecule has 0 amide bonds. The molecule has 0 bridgehead atoms. The SMILES string of the molecule is CNCCc1cc(N(O)OC)ccc1OC. The Morgan fingerprint density at radius 3 is 2.69 bits per heavy atom. The maximum atomic E-state index is 9.40. The van der Waals surface area contributed by atoms with E-state index in [2.05, 4.69) is 5.32 Å². The first-order valence-electron chi connectivity index (χ1n) is 5.07. The van der Waals surface area contributed by atoms with Gasteiger partial charge in [0.15, 0.2) is 0 Å². The molecule has 0 unspecified atom stereocenters. The van der Waals surface area contributed by atoms with Gasteiger partial charge in [0.2, 0.25) is 0 Å². The second-order valence-corrected chi connectivity index (χ2v) is 3.31. The van der Waals surface area contributed by atoms with Crippen molar-refractivity contribution in [1.82, 2.24) is 5.32 Å². The summed E-state index contributed by atoms with van der Waals surface area (Å²) in [4.78, 5) is 4.70. The zero-order chi connectivity index (χ0) is 12.0. The lowest BCUT2D eigenvalue weighted by Crippen LogP contribution is -2.16. The van der Waals surface area contributed by atoms with Gasteiger partial charge in [-0.15, -0.1) is 5.23 Å². The third-order valence-electron chi connectivity index (χ3n) is 2.30. The van der Waals surface area contributed by atoms with E-state index in [0.717, 1.165) is 29.5 Å². The van der Waals surface area contributed by atoms with E-state index in [4.69, 9.17) is 9.57 Å². The Hall–Kier alpha value is -1.30. The number of benzene rings is 1. The first-order valence-corrected chi connectivity index (χ1v) is 5.07. The predicted molar refractivity (Wildman–Crippen MR) is 61.9 cm³/mol. The Morgan fingerprint density at radius 2 is 2.12 bits per heavy atom. The molecule has 5 heteroatoms. The molecule has 90 valence electrons. The first-order chi connectivity index (χ1) is 7.72. The predicted octanol–water partition coefficient (Wildman–Crippen LogP) is 1.21. The topological polar surface area (TPSA) is 54.0 Å². The van der Waals surface area contributed by atoms with E-state index in [-0.39, 0.29) is 0 Å². The number of methoxy groups -OCH3 is 1. The summed E-state index contributed by atoms with van der Waals surface area (Å²) < 4.78 is 5.24. The number of anilines is 1. The zero-order valence-corrected chi connectivity index (χ0v) is 9.86. The molecule has 0 saturated carbocycles. The van der Waals surface area contributed by atoms with Crippen molar-refractivity contribution in [3.63, 3.8) is 0 Å². The molecule has 0 aliphatic heterocycles. The molecule has 0 atom stereocenters. The summed E-state index contributed by atoms with van der Waals surface area (Å²) in [6.07, 6.45) is 0.824. The molecular weight excluding hydrogens is 208 g/mol. The molecule has 0 aliphatic rings. The number of nitrogens with one attached hydrogen (secondary N) is 1. The van der Waals surface area contributed by atoms with Crippen LogP contribution in [0.1, 0.15) is 5.56 Å². The van der Waals surface area contributed by atoms with E-state index >= 15 is 0 Å². The lowest BCUT2D eigenvalue weighted by atomic mass is 10.1. The Balaban J connectivity index is 2.91. The number of hydrogen-bond donors (Lipinski definition) is 2. The molecule has 0 aliphatic carbocycles. The summed E-state index contributed by atoms with van der Waals surface area (Å²) in [6, 6.07) is 5.37. The van der Waals surface area contributed by atoms with E-state index in [1.165, 1.54) is 7.11 Å². The number of likely N-dealkylation sites (N-methyl/N-ethyl adjacent to an activating group) is 1. The highest BCUT2D eigenvalue weighted by Crippen LogP contribution is 2.24. The molecule has 0 fully saturated rings. The number of hydrogen-bond acceptors (Lipinski definition) is 5. The van der Waals surface area contributed by atoms with Crippen molar-refractivity contribution in [2.24, 2.45) is 0 Å². The minimum absolute atomic E-state index is 0.578. The van der Waals surface area contributed by atoms with Gasteiger partial charge in [-0.2, -0.15) is 0 Å². The molecule has 0 spiro atoms. The van der Waals surface area contributed by atoms with Crippen molar-refractivity contribution < 1.29 is 14.8 Å². The Bertz CT molecular complexity index is 331. The minimum Gasteiger partial charge on any atom is -0.496 e. The molecule has 1 aromatic rings. The lowest BCUT2D eigenvalue weighted by molar-refractivity contribution is -0.0110. The number of ether oxygens (including phenoxy) is 1. The lowest BCUT2D eigenvalue weighted by Gasteiger charge is -2.16. The van der Waals surface area contributed by atoms with Gasteiger partial charge >= 0.3 is 0 Å². The molecule has 5 nitrogen and oxygen atoms in total. The average Bonchev–Trinajstić information content (AvgIpc) is 2.34. The van der Waals surface area contributed by atoms with Crippen LogP contribution in [0.2, 0.25) is 0 Å². The Kier molecular flexibility index (Phi) is 5.04. The quantitative estimate of drug-likeness (QED) is 0.714. The molecule has 1 rings (SSSR count). The minimum atomic E-state index is 0.578. The molecule has 0 saturated heterocycles. The molecule has 1 aromatic carbocycles. The summed E-state index contributed by atoms with van der Waals surface area (Å²) in [5.41, 5.74) is 1.60. The zero-order valence-electron chi connectivity index (χ0n) is 9.86. The van der Waals surface area contributed by atoms with Crippen molar-refractivity contribution in [1.29, 1.82) is 0 Å². The van der Waals surface area contributed by atoms with Crippen LogP contribution in [0.4, 0.5) is 5.69 Å². The van der Waals surface area contributed by atoms with Crippen LogP contribution in [0, 0.1) is 0 Å². The normalized spacial score (nSPS) is 10.2. The van der Waals surface area contributed by atoms with Gasteiger partial charge in [-0.3, -0.25) is 10.0 Å². The largest absolute Gasteiger partial charge is 0.496 e. The maximum Gasteiger partial charge on any atom is 0.122 e. The van der Waals surface area contributed by atoms with Crippen LogP contribution in [0.5, 0.6) is 5.75 Å². The molecule has 0 heterocycles. The smallest absolute Gasteiger partial charge is 0.122 e. The van der Waals surface area contributed by atoms with Gasteiger partial charge in [0.1, 0.15) is 5.75 Å². The van der Waals surface area contributed by atoms with Crippen LogP contribution in [-0.4, -0.2) is 33.0 Å². The van der Waals surface area contributed by atoms with E-state index in [1.807, 2.05) is 19.2 Å². The number of rotatable bonds is 6. The third-order valence-corrected chi connectivity index (χ3v) is 2.30. The molecule has 0 radical (unpaired) electrons. The highest BCUT2D eigenvalue weighted by molar-refractivity contribution is 5.50. The highest BCUT2D eigenvalue weighted by Gasteiger charge is 2.07.